The second-order valence-corrected chi connectivity index (χ2v) is 9.97. The van der Waals surface area contributed by atoms with Gasteiger partial charge >= 0.3 is 0 Å². The molecule has 4 rings (SSSR count). The van der Waals surface area contributed by atoms with Crippen molar-refractivity contribution in [2.75, 3.05) is 12.4 Å². The fourth-order valence-electron chi connectivity index (χ4n) is 4.26. The largest absolute Gasteiger partial charge is 0.493 e. The molecule has 6 nitrogen and oxygen atoms in total. The second kappa shape index (κ2) is 10.8. The van der Waals surface area contributed by atoms with Gasteiger partial charge in [0.15, 0.2) is 11.5 Å². The van der Waals surface area contributed by atoms with E-state index in [0.717, 1.165) is 46.4 Å². The van der Waals surface area contributed by atoms with Gasteiger partial charge in [-0.25, -0.2) is 0 Å². The number of amides is 2. The molecule has 1 aromatic heterocycles. The third kappa shape index (κ3) is 5.74. The number of aryl methyl sites for hydroxylation is 1. The maximum Gasteiger partial charge on any atom is 0.251 e. The number of carbonyl (C=O) groups excluding carboxylic acids is 2. The van der Waals surface area contributed by atoms with E-state index in [-0.39, 0.29) is 5.91 Å². The summed E-state index contributed by atoms with van der Waals surface area (Å²) in [7, 11) is 1.58. The Balaban J connectivity index is 1.45. The first-order chi connectivity index (χ1) is 16.9. The lowest BCUT2D eigenvalue weighted by Crippen LogP contribution is -2.18. The summed E-state index contributed by atoms with van der Waals surface area (Å²) >= 11 is 1.45. The van der Waals surface area contributed by atoms with Crippen molar-refractivity contribution in [3.63, 3.8) is 0 Å². The Hall–Kier alpha value is -3.58. The van der Waals surface area contributed by atoms with Crippen molar-refractivity contribution in [2.24, 2.45) is 11.7 Å². The molecule has 0 spiro atoms. The number of ether oxygens (including phenoxy) is 2. The van der Waals surface area contributed by atoms with E-state index in [9.17, 15) is 9.59 Å². The van der Waals surface area contributed by atoms with Crippen molar-refractivity contribution in [1.82, 2.24) is 0 Å². The number of hydrogen-bond donors (Lipinski definition) is 2. The molecule has 182 valence electrons. The summed E-state index contributed by atoms with van der Waals surface area (Å²) in [5, 5.41) is 3.39. The minimum Gasteiger partial charge on any atom is -0.493 e. The zero-order valence-electron chi connectivity index (χ0n) is 20.2. The average molecular weight is 491 g/mol. The van der Waals surface area contributed by atoms with Gasteiger partial charge in [0.1, 0.15) is 11.6 Å². The fraction of sp³-hybridized carbons (Fsp3) is 0.286. The molecule has 2 amide bonds. The van der Waals surface area contributed by atoms with Crippen molar-refractivity contribution in [3.8, 4) is 11.5 Å². The second-order valence-electron chi connectivity index (χ2n) is 8.87. The minimum absolute atomic E-state index is 0.321. The molecule has 0 bridgehead atoms. The van der Waals surface area contributed by atoms with Crippen LogP contribution in [0.25, 0.3) is 6.08 Å². The van der Waals surface area contributed by atoms with E-state index in [2.05, 4.69) is 12.2 Å². The normalized spacial score (nSPS) is 15.0. The minimum atomic E-state index is -0.498. The average Bonchev–Trinajstić information content (AvgIpc) is 3.19. The predicted octanol–water partition coefficient (Wildman–Crippen LogP) is 5.52. The smallest absolute Gasteiger partial charge is 0.251 e. The zero-order chi connectivity index (χ0) is 24.9. The number of fused-ring (bicyclic) bond motifs is 1. The van der Waals surface area contributed by atoms with Crippen LogP contribution in [0.4, 0.5) is 5.00 Å². The molecule has 1 aliphatic rings. The van der Waals surface area contributed by atoms with Gasteiger partial charge in [0.2, 0.25) is 5.91 Å². The first-order valence-electron chi connectivity index (χ1n) is 11.6. The number of rotatable bonds is 8. The van der Waals surface area contributed by atoms with Gasteiger partial charge in [-0.1, -0.05) is 37.3 Å². The first-order valence-corrected chi connectivity index (χ1v) is 12.5. The zero-order valence-corrected chi connectivity index (χ0v) is 21.0. The number of methoxy groups -OCH3 is 1. The van der Waals surface area contributed by atoms with E-state index in [4.69, 9.17) is 15.2 Å². The van der Waals surface area contributed by atoms with Gasteiger partial charge in [-0.3, -0.25) is 9.59 Å². The number of hydrogen-bond acceptors (Lipinski definition) is 5. The number of nitrogens with one attached hydrogen (secondary N) is 1. The maximum absolute atomic E-state index is 12.7. The van der Waals surface area contributed by atoms with Crippen LogP contribution in [-0.4, -0.2) is 18.9 Å². The van der Waals surface area contributed by atoms with E-state index < -0.39 is 5.91 Å². The molecule has 0 aliphatic heterocycles. The molecular formula is C28H30N2O4S. The number of nitrogens with two attached hydrogens (primary N) is 1. The highest BCUT2D eigenvalue weighted by Gasteiger charge is 2.26. The van der Waals surface area contributed by atoms with Crippen LogP contribution in [0.3, 0.4) is 0 Å². The highest BCUT2D eigenvalue weighted by Crippen LogP contribution is 2.39. The molecule has 0 saturated carbocycles. The molecule has 7 heteroatoms. The summed E-state index contributed by atoms with van der Waals surface area (Å²) < 4.78 is 11.5. The van der Waals surface area contributed by atoms with E-state index in [1.165, 1.54) is 17.4 Å². The molecule has 0 radical (unpaired) electrons. The molecule has 35 heavy (non-hydrogen) atoms. The Morgan fingerprint density at radius 2 is 2.00 bits per heavy atom. The van der Waals surface area contributed by atoms with Gasteiger partial charge in [0.25, 0.3) is 5.91 Å². The van der Waals surface area contributed by atoms with Crippen molar-refractivity contribution >= 4 is 34.2 Å². The molecule has 3 aromatic rings. The number of primary amides is 1. The lowest BCUT2D eigenvalue weighted by molar-refractivity contribution is -0.111. The van der Waals surface area contributed by atoms with Crippen LogP contribution in [0, 0.1) is 12.8 Å². The van der Waals surface area contributed by atoms with Crippen LogP contribution >= 0.6 is 11.3 Å². The van der Waals surface area contributed by atoms with Crippen molar-refractivity contribution in [2.45, 2.75) is 39.7 Å². The van der Waals surface area contributed by atoms with Crippen LogP contribution in [0.2, 0.25) is 0 Å². The van der Waals surface area contributed by atoms with Crippen LogP contribution < -0.4 is 20.5 Å². The summed E-state index contributed by atoms with van der Waals surface area (Å²) in [5.41, 5.74) is 10.2. The Kier molecular flexibility index (Phi) is 7.56. The lowest BCUT2D eigenvalue weighted by Gasteiger charge is -2.18. The van der Waals surface area contributed by atoms with Gasteiger partial charge in [-0.2, -0.15) is 0 Å². The Bertz CT molecular complexity index is 1280. The summed E-state index contributed by atoms with van der Waals surface area (Å²) in [5.74, 6) is 0.948. The third-order valence-corrected chi connectivity index (χ3v) is 7.42. The highest BCUT2D eigenvalue weighted by atomic mass is 32.1. The van der Waals surface area contributed by atoms with Gasteiger partial charge in [0, 0.05) is 11.0 Å². The number of benzene rings is 2. The molecule has 0 saturated heterocycles. The fourth-order valence-corrected chi connectivity index (χ4v) is 5.68. The van der Waals surface area contributed by atoms with Crippen molar-refractivity contribution < 1.29 is 19.1 Å². The Labute approximate surface area is 209 Å². The molecule has 2 aromatic carbocycles. The SMILES string of the molecule is COc1cc(C=CC(=O)Nc2sc3c(c2C(N)=O)CCC(C)C3)ccc1OCc1ccccc1C. The molecule has 3 N–H and O–H groups in total. The predicted molar refractivity (Wildman–Crippen MR) is 140 cm³/mol. The first kappa shape index (κ1) is 24.5. The molecule has 0 fully saturated rings. The van der Waals surface area contributed by atoms with E-state index in [1.807, 2.05) is 49.4 Å². The summed E-state index contributed by atoms with van der Waals surface area (Å²) in [6.07, 6.45) is 5.88. The highest BCUT2D eigenvalue weighted by molar-refractivity contribution is 7.17. The number of carbonyl (C=O) groups is 2. The van der Waals surface area contributed by atoms with Gasteiger partial charge < -0.3 is 20.5 Å². The lowest BCUT2D eigenvalue weighted by atomic mass is 9.88. The molecular weight excluding hydrogens is 460 g/mol. The third-order valence-electron chi connectivity index (χ3n) is 6.25. The van der Waals surface area contributed by atoms with Crippen molar-refractivity contribution in [1.29, 1.82) is 0 Å². The monoisotopic (exact) mass is 490 g/mol. The topological polar surface area (TPSA) is 90.6 Å². The Morgan fingerprint density at radius 3 is 2.74 bits per heavy atom. The number of anilines is 1. The summed E-state index contributed by atoms with van der Waals surface area (Å²) in [4.78, 5) is 25.9. The van der Waals surface area contributed by atoms with Gasteiger partial charge in [-0.05, 0) is 72.6 Å². The van der Waals surface area contributed by atoms with E-state index >= 15 is 0 Å². The van der Waals surface area contributed by atoms with Crippen LogP contribution in [-0.2, 0) is 24.2 Å². The van der Waals surface area contributed by atoms with Crippen LogP contribution in [0.5, 0.6) is 11.5 Å². The molecule has 1 aliphatic carbocycles. The van der Waals surface area contributed by atoms with Gasteiger partial charge in [0.05, 0.1) is 12.7 Å². The Morgan fingerprint density at radius 1 is 1.20 bits per heavy atom. The summed E-state index contributed by atoms with van der Waals surface area (Å²) in [6, 6.07) is 13.6. The molecule has 1 atom stereocenters. The molecule has 1 heterocycles. The van der Waals surface area contributed by atoms with E-state index in [0.29, 0.717) is 34.6 Å². The maximum atomic E-state index is 12.7. The summed E-state index contributed by atoms with van der Waals surface area (Å²) in [6.45, 7) is 4.68. The van der Waals surface area contributed by atoms with E-state index in [1.54, 1.807) is 13.2 Å². The van der Waals surface area contributed by atoms with Crippen LogP contribution in [0.1, 0.15) is 50.8 Å². The van der Waals surface area contributed by atoms with Crippen LogP contribution in [0.15, 0.2) is 48.5 Å². The quantitative estimate of drug-likeness (QED) is 0.407. The standard InChI is InChI=1S/C28H30N2O4S/c1-17-8-11-21-24(14-17)35-28(26(21)27(29)32)30-25(31)13-10-19-9-12-22(23(15-19)33-3)34-16-20-7-5-4-6-18(20)2/h4-7,9-10,12-13,15,17H,8,11,14,16H2,1-3H3,(H2,29,32)(H,30,31). The van der Waals surface area contributed by atoms with Gasteiger partial charge in [-0.15, -0.1) is 11.3 Å². The number of thiophene rings is 1. The molecule has 1 unspecified atom stereocenters. The van der Waals surface area contributed by atoms with Crippen molar-refractivity contribution in [3.05, 3.63) is 81.2 Å².